The Hall–Kier alpha value is -1.02. The number of fused-ring (bicyclic) bond motifs is 1. The van der Waals surface area contributed by atoms with E-state index in [0.717, 1.165) is 12.6 Å². The summed E-state index contributed by atoms with van der Waals surface area (Å²) in [5, 5.41) is 3.44. The molecule has 1 aliphatic heterocycles. The molecule has 0 aromatic heterocycles. The number of nitrogens with zero attached hydrogens (tertiary/aromatic N) is 1. The van der Waals surface area contributed by atoms with Crippen LogP contribution in [0.5, 0.6) is 0 Å². The van der Waals surface area contributed by atoms with Crippen molar-refractivity contribution in [1.29, 1.82) is 0 Å². The zero-order valence-electron chi connectivity index (χ0n) is 13.0. The fourth-order valence-corrected chi connectivity index (χ4v) is 3.82. The predicted molar refractivity (Wildman–Crippen MR) is 86.4 cm³/mol. The van der Waals surface area contributed by atoms with Crippen molar-refractivity contribution in [1.82, 2.24) is 4.90 Å². The van der Waals surface area contributed by atoms with E-state index in [1.165, 1.54) is 61.8 Å². The van der Waals surface area contributed by atoms with Crippen LogP contribution in [-0.2, 0) is 12.8 Å². The van der Waals surface area contributed by atoms with Crippen molar-refractivity contribution >= 4 is 5.69 Å². The number of anilines is 1. The molecule has 1 heterocycles. The summed E-state index contributed by atoms with van der Waals surface area (Å²) in [4.78, 5) is 2.63. The minimum atomic E-state index is 0.644. The summed E-state index contributed by atoms with van der Waals surface area (Å²) >= 11 is 0. The molecular formula is C18H28N2. The van der Waals surface area contributed by atoms with Crippen molar-refractivity contribution in [2.24, 2.45) is 0 Å². The third-order valence-corrected chi connectivity index (χ3v) is 5.26. The van der Waals surface area contributed by atoms with Gasteiger partial charge >= 0.3 is 0 Å². The Morgan fingerprint density at radius 1 is 1.25 bits per heavy atom. The minimum Gasteiger partial charge on any atom is -0.384 e. The molecule has 1 aromatic carbocycles. The summed E-state index contributed by atoms with van der Waals surface area (Å²) in [6, 6.07) is 8.45. The molecule has 1 aromatic rings. The molecule has 2 aliphatic rings. The van der Waals surface area contributed by atoms with Gasteiger partial charge in [-0.1, -0.05) is 31.4 Å². The second-order valence-corrected chi connectivity index (χ2v) is 6.68. The van der Waals surface area contributed by atoms with E-state index >= 15 is 0 Å². The highest BCUT2D eigenvalue weighted by Gasteiger charge is 2.22. The summed E-state index contributed by atoms with van der Waals surface area (Å²) in [7, 11) is 2.33. The van der Waals surface area contributed by atoms with Gasteiger partial charge in [-0.2, -0.15) is 0 Å². The smallest absolute Gasteiger partial charge is 0.0373 e. The molecule has 1 fully saturated rings. The van der Waals surface area contributed by atoms with E-state index in [0.29, 0.717) is 6.04 Å². The number of likely N-dealkylation sites (N-methyl/N-ethyl adjacent to an activating group) is 1. The molecule has 0 bridgehead atoms. The monoisotopic (exact) mass is 272 g/mol. The van der Waals surface area contributed by atoms with Gasteiger partial charge in [0.25, 0.3) is 0 Å². The van der Waals surface area contributed by atoms with Crippen LogP contribution in [0.4, 0.5) is 5.69 Å². The lowest BCUT2D eigenvalue weighted by Crippen LogP contribution is -2.40. The molecule has 2 heteroatoms. The van der Waals surface area contributed by atoms with Gasteiger partial charge in [-0.15, -0.1) is 0 Å². The molecule has 0 radical (unpaired) electrons. The zero-order chi connectivity index (χ0) is 13.9. The summed E-state index contributed by atoms with van der Waals surface area (Å²) in [6.45, 7) is 3.50. The lowest BCUT2D eigenvalue weighted by Gasteiger charge is -2.35. The topological polar surface area (TPSA) is 15.3 Å². The SMILES string of the molecule is CC(Cc1ccc2c(c1)CCN2)N(C)C1CCCCC1. The fourth-order valence-electron chi connectivity index (χ4n) is 3.82. The first-order valence-corrected chi connectivity index (χ1v) is 8.31. The highest BCUT2D eigenvalue weighted by atomic mass is 15.2. The number of benzene rings is 1. The molecule has 110 valence electrons. The van der Waals surface area contributed by atoms with E-state index in [1.54, 1.807) is 0 Å². The van der Waals surface area contributed by atoms with Crippen molar-refractivity contribution in [3.05, 3.63) is 29.3 Å². The lowest BCUT2D eigenvalue weighted by atomic mass is 9.92. The first kappa shape index (κ1) is 13.9. The molecule has 1 aliphatic carbocycles. The predicted octanol–water partition coefficient (Wildman–Crippen LogP) is 3.85. The third-order valence-electron chi connectivity index (χ3n) is 5.26. The third kappa shape index (κ3) is 3.01. The van der Waals surface area contributed by atoms with Crippen molar-refractivity contribution < 1.29 is 0 Å². The van der Waals surface area contributed by atoms with Gasteiger partial charge in [0.15, 0.2) is 0 Å². The van der Waals surface area contributed by atoms with Gasteiger partial charge in [0.05, 0.1) is 0 Å². The van der Waals surface area contributed by atoms with Gasteiger partial charge in [-0.25, -0.2) is 0 Å². The van der Waals surface area contributed by atoms with Crippen molar-refractivity contribution in [2.45, 2.75) is 64.0 Å². The van der Waals surface area contributed by atoms with E-state index in [2.05, 4.69) is 42.4 Å². The van der Waals surface area contributed by atoms with Gasteiger partial charge in [0.2, 0.25) is 0 Å². The van der Waals surface area contributed by atoms with Crippen molar-refractivity contribution in [2.75, 3.05) is 18.9 Å². The summed E-state index contributed by atoms with van der Waals surface area (Å²) in [6.07, 6.45) is 9.45. The highest BCUT2D eigenvalue weighted by Crippen LogP contribution is 2.26. The average Bonchev–Trinajstić information content (AvgIpc) is 2.95. The van der Waals surface area contributed by atoms with E-state index < -0.39 is 0 Å². The first-order chi connectivity index (χ1) is 9.74. The van der Waals surface area contributed by atoms with Crippen molar-refractivity contribution in [3.63, 3.8) is 0 Å². The maximum atomic E-state index is 3.44. The van der Waals surface area contributed by atoms with Crippen LogP contribution in [-0.4, -0.2) is 30.6 Å². The van der Waals surface area contributed by atoms with Crippen LogP contribution in [0.25, 0.3) is 0 Å². The number of hydrogen-bond acceptors (Lipinski definition) is 2. The molecule has 0 saturated heterocycles. The molecule has 1 unspecified atom stereocenters. The molecule has 3 rings (SSSR count). The maximum absolute atomic E-state index is 3.44. The van der Waals surface area contributed by atoms with Gasteiger partial charge in [-0.3, -0.25) is 0 Å². The largest absolute Gasteiger partial charge is 0.384 e. The highest BCUT2D eigenvalue weighted by molar-refractivity contribution is 5.56. The Morgan fingerprint density at radius 3 is 2.85 bits per heavy atom. The van der Waals surface area contributed by atoms with Crippen LogP contribution in [0.1, 0.15) is 50.2 Å². The Bertz CT molecular complexity index is 449. The van der Waals surface area contributed by atoms with Crippen LogP contribution in [0.15, 0.2) is 18.2 Å². The molecule has 2 nitrogen and oxygen atoms in total. The minimum absolute atomic E-state index is 0.644. The summed E-state index contributed by atoms with van der Waals surface area (Å²) < 4.78 is 0. The van der Waals surface area contributed by atoms with E-state index in [1.807, 2.05) is 0 Å². The van der Waals surface area contributed by atoms with Crippen LogP contribution >= 0.6 is 0 Å². The first-order valence-electron chi connectivity index (χ1n) is 8.31. The second kappa shape index (κ2) is 6.17. The van der Waals surface area contributed by atoms with Gasteiger partial charge < -0.3 is 10.2 Å². The molecule has 1 saturated carbocycles. The molecule has 1 atom stereocenters. The van der Waals surface area contributed by atoms with Crippen molar-refractivity contribution in [3.8, 4) is 0 Å². The van der Waals surface area contributed by atoms with Crippen LogP contribution in [0, 0.1) is 0 Å². The molecule has 0 spiro atoms. The Morgan fingerprint density at radius 2 is 2.05 bits per heavy atom. The van der Waals surface area contributed by atoms with E-state index in [9.17, 15) is 0 Å². The van der Waals surface area contributed by atoms with Crippen LogP contribution < -0.4 is 5.32 Å². The second-order valence-electron chi connectivity index (χ2n) is 6.68. The average molecular weight is 272 g/mol. The Kier molecular flexibility index (Phi) is 4.30. The summed E-state index contributed by atoms with van der Waals surface area (Å²) in [5.41, 5.74) is 4.36. The fraction of sp³-hybridized carbons (Fsp3) is 0.667. The zero-order valence-corrected chi connectivity index (χ0v) is 13.0. The van der Waals surface area contributed by atoms with Gasteiger partial charge in [0, 0.05) is 24.3 Å². The van der Waals surface area contributed by atoms with Crippen LogP contribution in [0.2, 0.25) is 0 Å². The number of hydrogen-bond donors (Lipinski definition) is 1. The number of rotatable bonds is 4. The van der Waals surface area contributed by atoms with Gasteiger partial charge in [0.1, 0.15) is 0 Å². The lowest BCUT2D eigenvalue weighted by molar-refractivity contribution is 0.145. The quantitative estimate of drug-likeness (QED) is 0.895. The maximum Gasteiger partial charge on any atom is 0.0373 e. The van der Waals surface area contributed by atoms with E-state index in [4.69, 9.17) is 0 Å². The Balaban J connectivity index is 1.61. The van der Waals surface area contributed by atoms with Crippen LogP contribution in [0.3, 0.4) is 0 Å². The molecule has 20 heavy (non-hydrogen) atoms. The summed E-state index contributed by atoms with van der Waals surface area (Å²) in [5.74, 6) is 0. The van der Waals surface area contributed by atoms with Gasteiger partial charge in [-0.05, 0) is 56.8 Å². The number of nitrogens with one attached hydrogen (secondary N) is 1. The molecule has 0 amide bonds. The molecular weight excluding hydrogens is 244 g/mol. The Labute approximate surface area is 123 Å². The van der Waals surface area contributed by atoms with E-state index in [-0.39, 0.29) is 0 Å². The molecule has 1 N–H and O–H groups in total. The normalized spacial score (nSPS) is 20.8. The standard InChI is InChI=1S/C18H28N2/c1-14(20(2)17-6-4-3-5-7-17)12-15-8-9-18-16(13-15)10-11-19-18/h8-9,13-14,17,19H,3-7,10-12H2,1-2H3.